The summed E-state index contributed by atoms with van der Waals surface area (Å²) < 4.78 is 12.4. The zero-order chi connectivity index (χ0) is 26.5. The molecule has 4 fully saturated rings. The molecule has 5 aliphatic carbocycles. The summed E-state index contributed by atoms with van der Waals surface area (Å²) in [6, 6.07) is 0. The van der Waals surface area contributed by atoms with Crippen LogP contribution in [0.5, 0.6) is 0 Å². The minimum absolute atomic E-state index is 0.0173. The highest BCUT2D eigenvalue weighted by molar-refractivity contribution is 5.66. The predicted octanol–water partition coefficient (Wildman–Crippen LogP) is 8.22. The van der Waals surface area contributed by atoms with Gasteiger partial charge in [0.15, 0.2) is 0 Å². The zero-order valence-corrected chi connectivity index (χ0v) is 25.0. The van der Waals surface area contributed by atoms with E-state index >= 15 is 0 Å². The number of fused-ring (bicyclic) bond motifs is 7. The second kappa shape index (κ2) is 8.33. The highest BCUT2D eigenvalue weighted by Crippen LogP contribution is 2.76. The maximum atomic E-state index is 12.0. The summed E-state index contributed by atoms with van der Waals surface area (Å²) in [5, 5.41) is 0. The topological polar surface area (TPSA) is 35.5 Å². The molecular formula is C33H54O3. The molecule has 0 aromatic carbocycles. The number of ether oxygens (including phenoxy) is 2. The Morgan fingerprint density at radius 3 is 2.25 bits per heavy atom. The average Bonchev–Trinajstić information content (AvgIpc) is 2.79. The molecule has 0 N–H and O–H groups in total. The summed E-state index contributed by atoms with van der Waals surface area (Å²) in [7, 11) is 1.96. The smallest absolute Gasteiger partial charge is 0.302 e. The van der Waals surface area contributed by atoms with Gasteiger partial charge >= 0.3 is 5.97 Å². The van der Waals surface area contributed by atoms with Crippen molar-refractivity contribution >= 4 is 5.97 Å². The Kier molecular flexibility index (Phi) is 6.19. The Hall–Kier alpha value is -0.830. The van der Waals surface area contributed by atoms with Crippen molar-refractivity contribution in [3.05, 3.63) is 11.6 Å². The van der Waals surface area contributed by atoms with E-state index in [1.165, 1.54) is 38.5 Å². The van der Waals surface area contributed by atoms with Crippen LogP contribution in [-0.4, -0.2) is 25.3 Å². The van der Waals surface area contributed by atoms with Gasteiger partial charge in [-0.25, -0.2) is 0 Å². The first-order chi connectivity index (χ1) is 16.7. The van der Waals surface area contributed by atoms with Gasteiger partial charge in [0.1, 0.15) is 6.10 Å². The number of esters is 1. The third-order valence-electron chi connectivity index (χ3n) is 13.8. The van der Waals surface area contributed by atoms with Gasteiger partial charge in [-0.15, -0.1) is 0 Å². The van der Waals surface area contributed by atoms with E-state index in [2.05, 4.69) is 61.5 Å². The van der Waals surface area contributed by atoms with Crippen molar-refractivity contribution in [2.45, 2.75) is 126 Å². The zero-order valence-electron chi connectivity index (χ0n) is 25.0. The molecule has 5 aliphatic rings. The number of methoxy groups -OCH3 is 1. The van der Waals surface area contributed by atoms with Crippen LogP contribution in [0.25, 0.3) is 0 Å². The monoisotopic (exact) mass is 498 g/mol. The molecule has 5 rings (SSSR count). The maximum Gasteiger partial charge on any atom is 0.302 e. The summed E-state index contributed by atoms with van der Waals surface area (Å²) in [6.07, 6.45) is 12.8. The SMILES string of the molecule is COC1C=C2C3C(C)C(C)CCC3(C)CCC2(C)C2(C)CCC3C(C)(C)C(OC(C)=O)CCC3(C)C12. The van der Waals surface area contributed by atoms with Crippen molar-refractivity contribution in [3.8, 4) is 0 Å². The van der Waals surface area contributed by atoms with Gasteiger partial charge in [0.2, 0.25) is 0 Å². The first kappa shape index (κ1) is 26.8. The standard InChI is InChI=1S/C33H54O3/c1-20-11-14-30(6)17-18-32(8)23(27(30)21(20)2)19-24(35-10)28-31(7)15-13-26(36-22(3)34)29(4,5)25(31)12-16-33(28,32)9/h19-21,24-28H,11-18H2,1-10H3. The van der Waals surface area contributed by atoms with Gasteiger partial charge in [-0.1, -0.05) is 67.0 Å². The Morgan fingerprint density at radius 1 is 0.917 bits per heavy atom. The third kappa shape index (κ3) is 3.35. The van der Waals surface area contributed by atoms with Gasteiger partial charge in [-0.3, -0.25) is 4.79 Å². The summed E-state index contributed by atoms with van der Waals surface area (Å²) in [4.78, 5) is 12.0. The lowest BCUT2D eigenvalue weighted by Crippen LogP contribution is -2.67. The van der Waals surface area contributed by atoms with Crippen LogP contribution >= 0.6 is 0 Å². The van der Waals surface area contributed by atoms with E-state index in [9.17, 15) is 4.79 Å². The van der Waals surface area contributed by atoms with Crippen molar-refractivity contribution in [1.29, 1.82) is 0 Å². The van der Waals surface area contributed by atoms with Crippen molar-refractivity contribution in [2.24, 2.45) is 56.7 Å². The molecule has 36 heavy (non-hydrogen) atoms. The van der Waals surface area contributed by atoms with E-state index in [4.69, 9.17) is 9.47 Å². The first-order valence-corrected chi connectivity index (χ1v) is 15.1. The number of hydrogen-bond acceptors (Lipinski definition) is 3. The molecule has 3 nitrogen and oxygen atoms in total. The van der Waals surface area contributed by atoms with Gasteiger partial charge < -0.3 is 9.47 Å². The number of carbonyl (C=O) groups excluding carboxylic acids is 1. The molecule has 0 amide bonds. The van der Waals surface area contributed by atoms with Crippen LogP contribution in [0, 0.1) is 56.7 Å². The fraction of sp³-hybridized carbons (Fsp3) is 0.909. The highest BCUT2D eigenvalue weighted by Gasteiger charge is 2.70. The molecule has 4 saturated carbocycles. The lowest BCUT2D eigenvalue weighted by atomic mass is 9.33. The molecule has 0 bridgehead atoms. The lowest BCUT2D eigenvalue weighted by molar-refractivity contribution is -0.233. The fourth-order valence-electron chi connectivity index (χ4n) is 11.5. The Morgan fingerprint density at radius 2 is 1.61 bits per heavy atom. The molecule has 0 aromatic rings. The largest absolute Gasteiger partial charge is 0.462 e. The minimum Gasteiger partial charge on any atom is -0.462 e. The van der Waals surface area contributed by atoms with Gasteiger partial charge in [-0.05, 0) is 96.7 Å². The number of allylic oxidation sites excluding steroid dienone is 1. The van der Waals surface area contributed by atoms with Crippen LogP contribution in [0.3, 0.4) is 0 Å². The first-order valence-electron chi connectivity index (χ1n) is 15.1. The Balaban J connectivity index is 1.61. The quantitative estimate of drug-likeness (QED) is 0.284. The summed E-state index contributed by atoms with van der Waals surface area (Å²) in [5.74, 6) is 3.09. The number of rotatable bonds is 2. The van der Waals surface area contributed by atoms with Crippen LogP contribution < -0.4 is 0 Å². The molecule has 11 atom stereocenters. The van der Waals surface area contributed by atoms with Crippen LogP contribution in [0.15, 0.2) is 11.6 Å². The lowest BCUT2D eigenvalue weighted by Gasteiger charge is -2.72. The van der Waals surface area contributed by atoms with Crippen molar-refractivity contribution < 1.29 is 14.3 Å². The van der Waals surface area contributed by atoms with E-state index in [1.54, 1.807) is 12.5 Å². The van der Waals surface area contributed by atoms with Crippen LogP contribution in [0.1, 0.15) is 114 Å². The molecule has 0 aromatic heterocycles. The fourth-order valence-corrected chi connectivity index (χ4v) is 11.5. The molecule has 0 heterocycles. The predicted molar refractivity (Wildman–Crippen MR) is 146 cm³/mol. The van der Waals surface area contributed by atoms with E-state index in [0.29, 0.717) is 23.2 Å². The average molecular weight is 499 g/mol. The second-order valence-electron chi connectivity index (χ2n) is 15.6. The summed E-state index contributed by atoms with van der Waals surface area (Å²) in [6.45, 7) is 21.9. The van der Waals surface area contributed by atoms with Gasteiger partial charge in [0.05, 0.1) is 6.10 Å². The molecule has 0 aliphatic heterocycles. The van der Waals surface area contributed by atoms with E-state index in [1.807, 2.05) is 7.11 Å². The summed E-state index contributed by atoms with van der Waals surface area (Å²) >= 11 is 0. The number of carbonyl (C=O) groups is 1. The van der Waals surface area contributed by atoms with Crippen LogP contribution in [0.2, 0.25) is 0 Å². The van der Waals surface area contributed by atoms with Crippen molar-refractivity contribution in [3.63, 3.8) is 0 Å². The molecule has 0 radical (unpaired) electrons. The summed E-state index contributed by atoms with van der Waals surface area (Å²) in [5.41, 5.74) is 2.79. The normalized spacial score (nSPS) is 53.7. The molecule has 204 valence electrons. The maximum absolute atomic E-state index is 12.0. The van der Waals surface area contributed by atoms with Crippen LogP contribution in [-0.2, 0) is 14.3 Å². The second-order valence-corrected chi connectivity index (χ2v) is 15.6. The van der Waals surface area contributed by atoms with E-state index in [0.717, 1.165) is 24.7 Å². The van der Waals surface area contributed by atoms with Crippen LogP contribution in [0.4, 0.5) is 0 Å². The van der Waals surface area contributed by atoms with Crippen molar-refractivity contribution in [2.75, 3.05) is 7.11 Å². The van der Waals surface area contributed by atoms with Gasteiger partial charge in [0.25, 0.3) is 0 Å². The Labute approximate surface area is 221 Å². The molecule has 3 heteroatoms. The number of hydrogen-bond donors (Lipinski definition) is 0. The van der Waals surface area contributed by atoms with Gasteiger partial charge in [0, 0.05) is 25.4 Å². The van der Waals surface area contributed by atoms with Crippen molar-refractivity contribution in [1.82, 2.24) is 0 Å². The Bertz CT molecular complexity index is 935. The van der Waals surface area contributed by atoms with Gasteiger partial charge in [-0.2, -0.15) is 0 Å². The highest BCUT2D eigenvalue weighted by atomic mass is 16.5. The molecular weight excluding hydrogens is 444 g/mol. The van der Waals surface area contributed by atoms with E-state index < -0.39 is 0 Å². The minimum atomic E-state index is -0.133. The van der Waals surface area contributed by atoms with E-state index in [-0.39, 0.29) is 39.8 Å². The third-order valence-corrected chi connectivity index (χ3v) is 13.8. The molecule has 0 saturated heterocycles. The molecule has 0 spiro atoms. The molecule has 11 unspecified atom stereocenters.